The van der Waals surface area contributed by atoms with Gasteiger partial charge in [0.15, 0.2) is 5.78 Å². The van der Waals surface area contributed by atoms with Gasteiger partial charge in [-0.1, -0.05) is 60.7 Å². The molecule has 0 radical (unpaired) electrons. The van der Waals surface area contributed by atoms with Crippen LogP contribution in [0.1, 0.15) is 18.1 Å². The van der Waals surface area contributed by atoms with Crippen LogP contribution in [-0.2, 0) is 32.2 Å². The summed E-state index contributed by atoms with van der Waals surface area (Å²) >= 11 is 0. The fraction of sp³-hybridized carbons (Fsp3) is 0.350. The van der Waals surface area contributed by atoms with Gasteiger partial charge in [-0.15, -0.1) is 0 Å². The number of ketones is 1. The van der Waals surface area contributed by atoms with Gasteiger partial charge in [-0.3, -0.25) is 4.79 Å². The van der Waals surface area contributed by atoms with Crippen LogP contribution >= 0.6 is 0 Å². The molecule has 2 aromatic carbocycles. The van der Waals surface area contributed by atoms with Crippen molar-refractivity contribution in [2.45, 2.75) is 38.4 Å². The number of carbonyl (C=O) groups excluding carboxylic acids is 1. The lowest BCUT2D eigenvalue weighted by Crippen LogP contribution is -2.50. The molecule has 126 valence electrons. The highest BCUT2D eigenvalue weighted by Gasteiger charge is 2.38. The van der Waals surface area contributed by atoms with E-state index in [-0.39, 0.29) is 18.5 Å². The van der Waals surface area contributed by atoms with E-state index in [9.17, 15) is 4.79 Å². The number of benzene rings is 2. The Hall–Kier alpha value is -2.01. The maximum Gasteiger partial charge on any atom is 0.195 e. The van der Waals surface area contributed by atoms with Crippen molar-refractivity contribution < 1.29 is 19.0 Å². The predicted molar refractivity (Wildman–Crippen MR) is 90.5 cm³/mol. The second kappa shape index (κ2) is 8.20. The molecule has 3 rings (SSSR count). The zero-order chi connectivity index (χ0) is 16.8. The van der Waals surface area contributed by atoms with Crippen molar-refractivity contribution in [3.63, 3.8) is 0 Å². The van der Waals surface area contributed by atoms with Crippen molar-refractivity contribution >= 4 is 5.78 Å². The molecule has 4 heteroatoms. The molecule has 0 aliphatic carbocycles. The summed E-state index contributed by atoms with van der Waals surface area (Å²) in [5.74, 6) is -0.0411. The summed E-state index contributed by atoms with van der Waals surface area (Å²) in [7, 11) is 0. The van der Waals surface area contributed by atoms with Crippen molar-refractivity contribution in [2.75, 3.05) is 6.61 Å². The van der Waals surface area contributed by atoms with Gasteiger partial charge in [0.2, 0.25) is 0 Å². The molecule has 0 spiro atoms. The van der Waals surface area contributed by atoms with Gasteiger partial charge < -0.3 is 14.2 Å². The van der Waals surface area contributed by atoms with E-state index in [2.05, 4.69) is 0 Å². The molecule has 1 aliphatic heterocycles. The number of ether oxygens (including phenoxy) is 3. The molecule has 3 atom stereocenters. The smallest absolute Gasteiger partial charge is 0.195 e. The summed E-state index contributed by atoms with van der Waals surface area (Å²) in [5.41, 5.74) is 2.07. The lowest BCUT2D eigenvalue weighted by molar-refractivity contribution is -0.178. The van der Waals surface area contributed by atoms with Crippen LogP contribution in [0.5, 0.6) is 0 Å². The van der Waals surface area contributed by atoms with Gasteiger partial charge in [-0.05, 0) is 18.1 Å². The van der Waals surface area contributed by atoms with Crippen LogP contribution in [0.4, 0.5) is 0 Å². The van der Waals surface area contributed by atoms with Gasteiger partial charge in [0.1, 0.15) is 12.2 Å². The third kappa shape index (κ3) is 4.29. The number of hydrogen-bond acceptors (Lipinski definition) is 4. The number of rotatable bonds is 6. The molecule has 1 heterocycles. The molecule has 0 amide bonds. The van der Waals surface area contributed by atoms with Crippen LogP contribution < -0.4 is 0 Å². The second-order valence-corrected chi connectivity index (χ2v) is 5.94. The maximum atomic E-state index is 12.6. The Kier molecular flexibility index (Phi) is 5.75. The molecule has 2 aromatic rings. The normalized spacial score (nSPS) is 24.0. The zero-order valence-electron chi connectivity index (χ0n) is 13.8. The Morgan fingerprint density at radius 2 is 1.46 bits per heavy atom. The van der Waals surface area contributed by atoms with Crippen LogP contribution in [0.25, 0.3) is 0 Å². The van der Waals surface area contributed by atoms with Gasteiger partial charge in [-0.2, -0.15) is 0 Å². The molecule has 2 unspecified atom stereocenters. The van der Waals surface area contributed by atoms with Crippen LogP contribution in [0.2, 0.25) is 0 Å². The van der Waals surface area contributed by atoms with Crippen molar-refractivity contribution in [3.8, 4) is 0 Å². The van der Waals surface area contributed by atoms with Gasteiger partial charge in [0, 0.05) is 0 Å². The first-order valence-electron chi connectivity index (χ1n) is 8.20. The Labute approximate surface area is 142 Å². The van der Waals surface area contributed by atoms with Crippen molar-refractivity contribution in [2.24, 2.45) is 0 Å². The largest absolute Gasteiger partial charge is 0.372 e. The predicted octanol–water partition coefficient (Wildman–Crippen LogP) is 3.15. The summed E-state index contributed by atoms with van der Waals surface area (Å²) in [6.45, 7) is 2.91. The minimum Gasteiger partial charge on any atom is -0.372 e. The van der Waals surface area contributed by atoms with Crippen LogP contribution in [0, 0.1) is 0 Å². The highest BCUT2D eigenvalue weighted by molar-refractivity contribution is 5.88. The third-order valence-electron chi connectivity index (χ3n) is 4.10. The Morgan fingerprint density at radius 1 is 0.917 bits per heavy atom. The molecular formula is C20H22O4. The minimum absolute atomic E-state index is 0.0411. The monoisotopic (exact) mass is 326 g/mol. The van der Waals surface area contributed by atoms with Gasteiger partial charge in [0.05, 0.1) is 25.9 Å². The first kappa shape index (κ1) is 16.8. The first-order valence-corrected chi connectivity index (χ1v) is 8.20. The van der Waals surface area contributed by atoms with E-state index in [1.807, 2.05) is 67.6 Å². The third-order valence-corrected chi connectivity index (χ3v) is 4.10. The summed E-state index contributed by atoms with van der Waals surface area (Å²) in [6, 6.07) is 19.6. The lowest BCUT2D eigenvalue weighted by atomic mass is 10.0. The summed E-state index contributed by atoms with van der Waals surface area (Å²) in [4.78, 5) is 12.6. The second-order valence-electron chi connectivity index (χ2n) is 5.94. The average molecular weight is 326 g/mol. The quantitative estimate of drug-likeness (QED) is 0.818. The Balaban J connectivity index is 1.56. The summed E-state index contributed by atoms with van der Waals surface area (Å²) in [5, 5.41) is 0. The zero-order valence-corrected chi connectivity index (χ0v) is 13.8. The molecule has 1 aliphatic rings. The average Bonchev–Trinajstić information content (AvgIpc) is 2.63. The lowest BCUT2D eigenvalue weighted by Gasteiger charge is -2.33. The molecule has 0 saturated carbocycles. The Morgan fingerprint density at radius 3 is 2.04 bits per heavy atom. The highest BCUT2D eigenvalue weighted by Crippen LogP contribution is 2.19. The van der Waals surface area contributed by atoms with Gasteiger partial charge in [-0.25, -0.2) is 0 Å². The minimum atomic E-state index is -0.597. The first-order chi connectivity index (χ1) is 11.7. The highest BCUT2D eigenvalue weighted by atomic mass is 16.6. The van der Waals surface area contributed by atoms with Crippen LogP contribution in [-0.4, -0.2) is 30.7 Å². The SMILES string of the molecule is CC1OCC(OCc2ccccc2)C(=O)[C@@H]1OCc1ccccc1. The number of carbonyl (C=O) groups is 1. The summed E-state index contributed by atoms with van der Waals surface area (Å²) in [6.07, 6.45) is -1.44. The van der Waals surface area contributed by atoms with Crippen LogP contribution in [0.15, 0.2) is 60.7 Å². The van der Waals surface area contributed by atoms with Crippen molar-refractivity contribution in [1.82, 2.24) is 0 Å². The van der Waals surface area contributed by atoms with Crippen LogP contribution in [0.3, 0.4) is 0 Å². The van der Waals surface area contributed by atoms with E-state index >= 15 is 0 Å². The van der Waals surface area contributed by atoms with E-state index < -0.39 is 12.2 Å². The van der Waals surface area contributed by atoms with E-state index in [4.69, 9.17) is 14.2 Å². The molecular weight excluding hydrogens is 304 g/mol. The molecule has 1 fully saturated rings. The topological polar surface area (TPSA) is 44.8 Å². The van der Waals surface area contributed by atoms with Gasteiger partial charge in [0.25, 0.3) is 0 Å². The molecule has 0 bridgehead atoms. The van der Waals surface area contributed by atoms with Crippen molar-refractivity contribution in [1.29, 1.82) is 0 Å². The van der Waals surface area contributed by atoms with Gasteiger partial charge >= 0.3 is 0 Å². The standard InChI is InChI=1S/C20H22O4/c1-15-20(24-13-17-10-6-3-7-11-17)19(21)18(14-22-15)23-12-16-8-4-2-5-9-16/h2-11,15,18,20H,12-14H2,1H3/t15?,18?,20-/m1/s1. The number of hydrogen-bond donors (Lipinski definition) is 0. The molecule has 0 N–H and O–H groups in total. The number of Topliss-reactive ketones (excluding diaryl/α,β-unsaturated/α-hetero) is 1. The fourth-order valence-electron chi connectivity index (χ4n) is 2.70. The molecule has 1 saturated heterocycles. The maximum absolute atomic E-state index is 12.6. The molecule has 4 nitrogen and oxygen atoms in total. The van der Waals surface area contributed by atoms with E-state index in [1.165, 1.54) is 0 Å². The molecule has 24 heavy (non-hydrogen) atoms. The van der Waals surface area contributed by atoms with E-state index in [0.717, 1.165) is 11.1 Å². The van der Waals surface area contributed by atoms with Crippen molar-refractivity contribution in [3.05, 3.63) is 71.8 Å². The summed E-state index contributed by atoms with van der Waals surface area (Å²) < 4.78 is 17.3. The molecule has 0 aromatic heterocycles. The van der Waals surface area contributed by atoms with E-state index in [0.29, 0.717) is 13.2 Å². The Bertz CT molecular complexity index is 641. The van der Waals surface area contributed by atoms with E-state index in [1.54, 1.807) is 0 Å². The fourth-order valence-corrected chi connectivity index (χ4v) is 2.70.